The molecule has 1 aromatic carbocycles. The van der Waals surface area contributed by atoms with Gasteiger partial charge in [0.15, 0.2) is 0 Å². The number of hydrogen-bond acceptors (Lipinski definition) is 3. The normalized spacial score (nSPS) is 9.36. The first-order chi connectivity index (χ1) is 5.80. The van der Waals surface area contributed by atoms with Crippen molar-refractivity contribution in [3.8, 4) is 0 Å². The highest BCUT2D eigenvalue weighted by molar-refractivity contribution is 7.79. The van der Waals surface area contributed by atoms with Crippen LogP contribution in [-0.4, -0.2) is 17.5 Å². The monoisotopic (exact) mass is 239 g/mol. The van der Waals surface area contributed by atoms with Crippen LogP contribution in [-0.2, 0) is 10.4 Å². The molecule has 1 aromatic rings. The molecule has 7 heteroatoms. The van der Waals surface area contributed by atoms with Crippen molar-refractivity contribution in [3.63, 3.8) is 0 Å². The molecule has 0 spiro atoms. The molecule has 0 aromatic heterocycles. The molecule has 0 atom stereocenters. The van der Waals surface area contributed by atoms with Gasteiger partial charge in [-0.15, -0.1) is 0 Å². The highest BCUT2D eigenvalue weighted by Gasteiger charge is 1.85. The van der Waals surface area contributed by atoms with Crippen LogP contribution in [0.2, 0.25) is 0 Å². The zero-order valence-corrected chi connectivity index (χ0v) is 9.32. The number of benzene rings is 1. The minimum Gasteiger partial charge on any atom is -0.399 e. The van der Waals surface area contributed by atoms with Gasteiger partial charge in [0, 0.05) is 5.69 Å². The Balaban J connectivity index is 0. The summed E-state index contributed by atoms with van der Waals surface area (Å²) in [5, 5.41) is 0. The molecule has 82 valence electrons. The van der Waals surface area contributed by atoms with Crippen molar-refractivity contribution in [2.75, 3.05) is 5.73 Å². The molecule has 14 heavy (non-hydrogen) atoms. The zero-order chi connectivity index (χ0) is 10.5. The van der Waals surface area contributed by atoms with E-state index in [0.717, 1.165) is 11.3 Å². The Morgan fingerprint density at radius 2 is 1.57 bits per heavy atom. The fourth-order valence-electron chi connectivity index (χ4n) is 0.587. The van der Waals surface area contributed by atoms with E-state index in [9.17, 15) is 0 Å². The summed E-state index contributed by atoms with van der Waals surface area (Å²) >= 11 is 0. The SMILES string of the molecule is Cc1ccccc1N.O=S(=O)(O)O.S. The molecule has 4 N–H and O–H groups in total. The third-order valence-electron chi connectivity index (χ3n) is 1.19. The summed E-state index contributed by atoms with van der Waals surface area (Å²) in [7, 11) is -4.67. The van der Waals surface area contributed by atoms with E-state index in [2.05, 4.69) is 0 Å². The Morgan fingerprint density at radius 1 is 1.21 bits per heavy atom. The van der Waals surface area contributed by atoms with Crippen LogP contribution in [0.3, 0.4) is 0 Å². The van der Waals surface area contributed by atoms with Crippen LogP contribution in [0, 0.1) is 6.92 Å². The Hall–Kier alpha value is -0.760. The molecule has 5 nitrogen and oxygen atoms in total. The fraction of sp³-hybridized carbons (Fsp3) is 0.143. The van der Waals surface area contributed by atoms with Gasteiger partial charge in [0.25, 0.3) is 0 Å². The smallest absolute Gasteiger partial charge is 0.394 e. The Labute approximate surface area is 90.0 Å². The quantitative estimate of drug-likeness (QED) is 0.464. The third-order valence-corrected chi connectivity index (χ3v) is 1.19. The van der Waals surface area contributed by atoms with Crippen molar-refractivity contribution in [1.82, 2.24) is 0 Å². The van der Waals surface area contributed by atoms with Crippen molar-refractivity contribution < 1.29 is 17.5 Å². The van der Waals surface area contributed by atoms with E-state index in [-0.39, 0.29) is 13.5 Å². The van der Waals surface area contributed by atoms with Crippen molar-refractivity contribution in [3.05, 3.63) is 29.8 Å². The molecule has 0 heterocycles. The van der Waals surface area contributed by atoms with E-state index < -0.39 is 10.4 Å². The van der Waals surface area contributed by atoms with E-state index in [4.69, 9.17) is 23.3 Å². The Morgan fingerprint density at radius 3 is 1.79 bits per heavy atom. The molecular weight excluding hydrogens is 226 g/mol. The molecule has 0 aliphatic carbocycles. The maximum atomic E-state index is 8.74. The average molecular weight is 239 g/mol. The molecule has 0 bridgehead atoms. The van der Waals surface area contributed by atoms with Gasteiger partial charge in [-0.2, -0.15) is 21.9 Å². The van der Waals surface area contributed by atoms with Crippen LogP contribution in [0.1, 0.15) is 5.56 Å². The summed E-state index contributed by atoms with van der Waals surface area (Å²) in [5.74, 6) is 0. The summed E-state index contributed by atoms with van der Waals surface area (Å²) < 4.78 is 31.6. The van der Waals surface area contributed by atoms with Crippen molar-refractivity contribution in [2.24, 2.45) is 0 Å². The van der Waals surface area contributed by atoms with Gasteiger partial charge in [-0.1, -0.05) is 18.2 Å². The largest absolute Gasteiger partial charge is 0.399 e. The second kappa shape index (κ2) is 6.66. The number of para-hydroxylation sites is 1. The van der Waals surface area contributed by atoms with Gasteiger partial charge in [0.2, 0.25) is 0 Å². The van der Waals surface area contributed by atoms with Gasteiger partial charge in [-0.3, -0.25) is 9.11 Å². The van der Waals surface area contributed by atoms with Gasteiger partial charge in [-0.25, -0.2) is 0 Å². The molecule has 0 saturated carbocycles. The Bertz CT molecular complexity index is 335. The van der Waals surface area contributed by atoms with Crippen LogP contribution in [0.5, 0.6) is 0 Å². The summed E-state index contributed by atoms with van der Waals surface area (Å²) in [6, 6.07) is 7.80. The summed E-state index contributed by atoms with van der Waals surface area (Å²) in [5.41, 5.74) is 7.53. The lowest BCUT2D eigenvalue weighted by Gasteiger charge is -1.93. The number of hydrogen-bond donors (Lipinski definition) is 3. The number of anilines is 1. The van der Waals surface area contributed by atoms with Crippen LogP contribution in [0.15, 0.2) is 24.3 Å². The first kappa shape index (κ1) is 15.7. The molecule has 0 fully saturated rings. The first-order valence-corrected chi connectivity index (χ1v) is 4.71. The third kappa shape index (κ3) is 11.2. The minimum atomic E-state index is -4.67. The maximum absolute atomic E-state index is 8.74. The highest BCUT2D eigenvalue weighted by Crippen LogP contribution is 2.06. The molecule has 0 radical (unpaired) electrons. The lowest BCUT2D eigenvalue weighted by atomic mass is 10.2. The first-order valence-electron chi connectivity index (χ1n) is 3.31. The molecule has 0 saturated heterocycles. The zero-order valence-electron chi connectivity index (χ0n) is 7.51. The van der Waals surface area contributed by atoms with E-state index in [1.807, 2.05) is 31.2 Å². The second-order valence-electron chi connectivity index (χ2n) is 2.30. The van der Waals surface area contributed by atoms with Gasteiger partial charge in [-0.05, 0) is 18.6 Å². The predicted octanol–water partition coefficient (Wildman–Crippen LogP) is 1.04. The number of rotatable bonds is 0. The minimum absolute atomic E-state index is 0. The summed E-state index contributed by atoms with van der Waals surface area (Å²) in [6.45, 7) is 2.00. The molecule has 0 unspecified atom stereocenters. The van der Waals surface area contributed by atoms with Crippen LogP contribution in [0.25, 0.3) is 0 Å². The fourth-order valence-corrected chi connectivity index (χ4v) is 0.587. The summed E-state index contributed by atoms with van der Waals surface area (Å²) in [6.07, 6.45) is 0. The Kier molecular flexibility index (Phi) is 7.47. The molecule has 0 amide bonds. The number of aryl methyl sites for hydroxylation is 1. The number of nitrogen functional groups attached to an aromatic ring is 1. The van der Waals surface area contributed by atoms with Crippen LogP contribution in [0.4, 0.5) is 5.69 Å². The summed E-state index contributed by atoms with van der Waals surface area (Å²) in [4.78, 5) is 0. The second-order valence-corrected chi connectivity index (χ2v) is 3.20. The number of nitrogens with two attached hydrogens (primary N) is 1. The molecule has 1 rings (SSSR count). The maximum Gasteiger partial charge on any atom is 0.394 e. The van der Waals surface area contributed by atoms with Gasteiger partial charge < -0.3 is 5.73 Å². The van der Waals surface area contributed by atoms with Crippen LogP contribution < -0.4 is 5.73 Å². The lowest BCUT2D eigenvalue weighted by molar-refractivity contribution is 0.381. The molecule has 0 aliphatic heterocycles. The van der Waals surface area contributed by atoms with E-state index in [1.54, 1.807) is 0 Å². The predicted molar refractivity (Wildman–Crippen MR) is 60.1 cm³/mol. The van der Waals surface area contributed by atoms with Gasteiger partial charge >= 0.3 is 10.4 Å². The van der Waals surface area contributed by atoms with Gasteiger partial charge in [0.1, 0.15) is 0 Å². The van der Waals surface area contributed by atoms with E-state index in [0.29, 0.717) is 0 Å². The lowest BCUT2D eigenvalue weighted by Crippen LogP contribution is -1.89. The van der Waals surface area contributed by atoms with Gasteiger partial charge in [0.05, 0.1) is 0 Å². The average Bonchev–Trinajstić information content (AvgIpc) is 1.92. The van der Waals surface area contributed by atoms with Crippen molar-refractivity contribution in [2.45, 2.75) is 6.92 Å². The standard InChI is InChI=1S/C7H9N.H2O4S.H2S/c1-6-4-2-3-5-7(6)8;1-5(2,3)4;/h2-5H,8H2,1H3;(H2,1,2,3,4);1H2. The topological polar surface area (TPSA) is 101 Å². The van der Waals surface area contributed by atoms with Crippen molar-refractivity contribution in [1.29, 1.82) is 0 Å². The van der Waals surface area contributed by atoms with E-state index >= 15 is 0 Å². The molecule has 0 aliphatic rings. The van der Waals surface area contributed by atoms with E-state index in [1.165, 1.54) is 0 Å². The van der Waals surface area contributed by atoms with Crippen molar-refractivity contribution >= 4 is 29.6 Å². The highest BCUT2D eigenvalue weighted by atomic mass is 32.3. The van der Waals surface area contributed by atoms with Crippen LogP contribution >= 0.6 is 13.5 Å². The molecular formula is C7H13NO4S2.